The Hall–Kier alpha value is -1.58. The molecule has 0 bridgehead atoms. The normalized spacial score (nSPS) is 25.7. The van der Waals surface area contributed by atoms with E-state index in [0.717, 1.165) is 0 Å². The van der Waals surface area contributed by atoms with Gasteiger partial charge in [0.05, 0.1) is 12.6 Å². The number of piperidine rings is 1. The zero-order valence-corrected chi connectivity index (χ0v) is 13.5. The number of nitrogens with zero attached hydrogens (tertiary/aromatic N) is 1. The summed E-state index contributed by atoms with van der Waals surface area (Å²) < 4.78 is 0. The van der Waals surface area contributed by atoms with E-state index in [-0.39, 0.29) is 24.3 Å². The first-order valence-corrected chi connectivity index (χ1v) is 7.85. The molecular weight excluding hydrogens is 282 g/mol. The Morgan fingerprint density at radius 1 is 1.36 bits per heavy atom. The van der Waals surface area contributed by atoms with Crippen molar-refractivity contribution in [3.05, 3.63) is 0 Å². The van der Waals surface area contributed by atoms with Gasteiger partial charge in [-0.25, -0.2) is 0 Å². The van der Waals surface area contributed by atoms with Gasteiger partial charge in [0.2, 0.25) is 11.8 Å². The molecule has 2 saturated heterocycles. The lowest BCUT2D eigenvalue weighted by molar-refractivity contribution is -0.162. The van der Waals surface area contributed by atoms with Crippen molar-refractivity contribution in [1.29, 1.82) is 0 Å². The van der Waals surface area contributed by atoms with E-state index in [2.05, 4.69) is 22.5 Å². The molecule has 2 amide bonds. The van der Waals surface area contributed by atoms with Crippen LogP contribution in [0, 0.1) is 17.8 Å². The standard InChI is InChI=1S/C16H25N3O3/c1-4-5-10-19-14(21)12(13(20)11(2)3)18-15(22)16(19)6-8-17-9-7-16/h11-13,17,20H,6-10H2,1-3H3,(H,18,22). The van der Waals surface area contributed by atoms with Crippen LogP contribution in [0.3, 0.4) is 0 Å². The van der Waals surface area contributed by atoms with Crippen molar-refractivity contribution >= 4 is 11.8 Å². The molecule has 3 N–H and O–H groups in total. The van der Waals surface area contributed by atoms with Crippen LogP contribution in [0.4, 0.5) is 0 Å². The summed E-state index contributed by atoms with van der Waals surface area (Å²) in [7, 11) is 0. The van der Waals surface area contributed by atoms with E-state index in [1.54, 1.807) is 11.8 Å². The van der Waals surface area contributed by atoms with Crippen LogP contribution in [0.2, 0.25) is 0 Å². The van der Waals surface area contributed by atoms with Crippen molar-refractivity contribution < 1.29 is 14.7 Å². The minimum Gasteiger partial charge on any atom is -0.390 e. The second kappa shape index (κ2) is 6.67. The van der Waals surface area contributed by atoms with E-state index in [9.17, 15) is 14.7 Å². The quantitative estimate of drug-likeness (QED) is 0.613. The van der Waals surface area contributed by atoms with Gasteiger partial charge in [-0.1, -0.05) is 19.8 Å². The molecule has 2 heterocycles. The summed E-state index contributed by atoms with van der Waals surface area (Å²) in [4.78, 5) is 27.2. The lowest BCUT2D eigenvalue weighted by Gasteiger charge is -2.50. The molecule has 2 aliphatic heterocycles. The average molecular weight is 307 g/mol. The van der Waals surface area contributed by atoms with Crippen LogP contribution in [0.15, 0.2) is 0 Å². The number of piperazine rings is 1. The second-order valence-corrected chi connectivity index (χ2v) is 6.32. The fraction of sp³-hybridized carbons (Fsp3) is 0.750. The molecule has 0 aromatic carbocycles. The van der Waals surface area contributed by atoms with Crippen LogP contribution in [0.1, 0.15) is 33.6 Å². The van der Waals surface area contributed by atoms with Crippen LogP contribution in [-0.4, -0.2) is 59.1 Å². The Kier molecular flexibility index (Phi) is 5.09. The van der Waals surface area contributed by atoms with Crippen molar-refractivity contribution in [2.75, 3.05) is 19.6 Å². The van der Waals surface area contributed by atoms with E-state index >= 15 is 0 Å². The fourth-order valence-electron chi connectivity index (χ4n) is 3.18. The molecule has 6 nitrogen and oxygen atoms in total. The predicted molar refractivity (Wildman–Crippen MR) is 82.8 cm³/mol. The van der Waals surface area contributed by atoms with E-state index in [1.165, 1.54) is 0 Å². The largest absolute Gasteiger partial charge is 0.390 e. The molecule has 2 rings (SSSR count). The first-order chi connectivity index (χ1) is 10.4. The summed E-state index contributed by atoms with van der Waals surface area (Å²) in [5.74, 6) is 5.17. The molecule has 122 valence electrons. The van der Waals surface area contributed by atoms with E-state index in [1.807, 2.05) is 13.8 Å². The number of nitrogens with one attached hydrogen (secondary N) is 2. The number of rotatable bonds is 3. The Bertz CT molecular complexity index is 501. The summed E-state index contributed by atoms with van der Waals surface area (Å²) in [6.07, 6.45) is 0.244. The Labute approximate surface area is 131 Å². The van der Waals surface area contributed by atoms with Gasteiger partial charge >= 0.3 is 0 Å². The molecule has 2 atom stereocenters. The first kappa shape index (κ1) is 16.8. The Morgan fingerprint density at radius 3 is 2.55 bits per heavy atom. The molecule has 22 heavy (non-hydrogen) atoms. The maximum absolute atomic E-state index is 12.9. The van der Waals surface area contributed by atoms with Crippen molar-refractivity contribution in [3.8, 4) is 11.8 Å². The van der Waals surface area contributed by atoms with Gasteiger partial charge in [-0.15, -0.1) is 5.92 Å². The van der Waals surface area contributed by atoms with Crippen molar-refractivity contribution in [2.45, 2.75) is 51.3 Å². The summed E-state index contributed by atoms with van der Waals surface area (Å²) in [6.45, 7) is 6.97. The second-order valence-electron chi connectivity index (χ2n) is 6.32. The summed E-state index contributed by atoms with van der Waals surface area (Å²) >= 11 is 0. The highest BCUT2D eigenvalue weighted by atomic mass is 16.3. The van der Waals surface area contributed by atoms with Gasteiger partial charge in [0.15, 0.2) is 0 Å². The smallest absolute Gasteiger partial charge is 0.249 e. The van der Waals surface area contributed by atoms with Crippen LogP contribution >= 0.6 is 0 Å². The lowest BCUT2D eigenvalue weighted by atomic mass is 9.81. The molecule has 0 aromatic heterocycles. The summed E-state index contributed by atoms with van der Waals surface area (Å²) in [6, 6.07) is -0.883. The number of carbonyl (C=O) groups is 2. The molecule has 2 unspecified atom stereocenters. The molecule has 2 fully saturated rings. The average Bonchev–Trinajstić information content (AvgIpc) is 2.51. The number of carbonyl (C=O) groups excluding carboxylic acids is 2. The fourth-order valence-corrected chi connectivity index (χ4v) is 3.18. The SMILES string of the molecule is CC#CCN1C(=O)C(C(O)C(C)C)NC(=O)C12CCNCC2. The molecule has 2 aliphatic rings. The van der Waals surface area contributed by atoms with Crippen LogP contribution in [-0.2, 0) is 9.59 Å². The zero-order chi connectivity index (χ0) is 16.3. The minimum absolute atomic E-state index is 0.115. The van der Waals surface area contributed by atoms with Crippen LogP contribution in [0.5, 0.6) is 0 Å². The highest BCUT2D eigenvalue weighted by Crippen LogP contribution is 2.31. The molecule has 0 aliphatic carbocycles. The van der Waals surface area contributed by atoms with E-state index in [4.69, 9.17) is 0 Å². The number of aliphatic hydroxyl groups excluding tert-OH is 1. The summed E-state index contributed by atoms with van der Waals surface area (Å²) in [5.41, 5.74) is -0.834. The third-order valence-electron chi connectivity index (χ3n) is 4.63. The van der Waals surface area contributed by atoms with Crippen molar-refractivity contribution in [3.63, 3.8) is 0 Å². The van der Waals surface area contributed by atoms with Crippen molar-refractivity contribution in [2.24, 2.45) is 5.92 Å². The zero-order valence-electron chi connectivity index (χ0n) is 13.5. The third kappa shape index (κ3) is 2.83. The predicted octanol–water partition coefficient (Wildman–Crippen LogP) is -0.524. The minimum atomic E-state index is -0.896. The maximum Gasteiger partial charge on any atom is 0.249 e. The number of amides is 2. The Balaban J connectivity index is 2.34. The van der Waals surface area contributed by atoms with Gasteiger partial charge in [-0.2, -0.15) is 0 Å². The van der Waals surface area contributed by atoms with Gasteiger partial charge in [-0.05, 0) is 38.8 Å². The summed E-state index contributed by atoms with van der Waals surface area (Å²) in [5, 5.41) is 16.2. The topological polar surface area (TPSA) is 81.7 Å². The Morgan fingerprint density at radius 2 is 2.00 bits per heavy atom. The monoisotopic (exact) mass is 307 g/mol. The van der Waals surface area contributed by atoms with Gasteiger partial charge in [-0.3, -0.25) is 9.59 Å². The molecular formula is C16H25N3O3. The van der Waals surface area contributed by atoms with Gasteiger partial charge in [0, 0.05) is 0 Å². The number of aliphatic hydroxyl groups is 1. The highest BCUT2D eigenvalue weighted by molar-refractivity contribution is 6.00. The number of hydrogen-bond acceptors (Lipinski definition) is 4. The van der Waals surface area contributed by atoms with Gasteiger partial charge < -0.3 is 20.6 Å². The first-order valence-electron chi connectivity index (χ1n) is 7.85. The van der Waals surface area contributed by atoms with Gasteiger partial charge in [0.1, 0.15) is 11.6 Å². The molecule has 0 aromatic rings. The molecule has 1 spiro atoms. The van der Waals surface area contributed by atoms with Crippen LogP contribution in [0.25, 0.3) is 0 Å². The number of hydrogen-bond donors (Lipinski definition) is 3. The van der Waals surface area contributed by atoms with E-state index in [0.29, 0.717) is 25.9 Å². The maximum atomic E-state index is 12.9. The highest BCUT2D eigenvalue weighted by Gasteiger charge is 2.54. The van der Waals surface area contributed by atoms with E-state index < -0.39 is 17.7 Å². The third-order valence-corrected chi connectivity index (χ3v) is 4.63. The lowest BCUT2D eigenvalue weighted by Crippen LogP contribution is -2.74. The molecule has 0 saturated carbocycles. The molecule has 0 radical (unpaired) electrons. The van der Waals surface area contributed by atoms with Crippen LogP contribution < -0.4 is 10.6 Å². The molecule has 6 heteroatoms. The van der Waals surface area contributed by atoms with Gasteiger partial charge in [0.25, 0.3) is 0 Å². The van der Waals surface area contributed by atoms with Crippen molar-refractivity contribution in [1.82, 2.24) is 15.5 Å².